The van der Waals surface area contributed by atoms with Crippen molar-refractivity contribution in [1.82, 2.24) is 14.7 Å². The summed E-state index contributed by atoms with van der Waals surface area (Å²) in [5, 5.41) is 4.32. The van der Waals surface area contributed by atoms with E-state index >= 15 is 0 Å². The van der Waals surface area contributed by atoms with Gasteiger partial charge in [-0.3, -0.25) is 9.58 Å². The molecule has 4 rings (SSSR count). The van der Waals surface area contributed by atoms with Crippen LogP contribution in [0.2, 0.25) is 0 Å². The molecule has 1 saturated heterocycles. The van der Waals surface area contributed by atoms with Gasteiger partial charge in [0.2, 0.25) is 0 Å². The number of likely N-dealkylation sites (tertiary alicyclic amines) is 1. The highest BCUT2D eigenvalue weighted by molar-refractivity contribution is 5.39. The number of benzene rings is 1. The molecule has 0 aliphatic carbocycles. The van der Waals surface area contributed by atoms with Crippen molar-refractivity contribution in [2.75, 3.05) is 19.7 Å². The first-order valence-corrected chi connectivity index (χ1v) is 8.31. The second kappa shape index (κ2) is 6.13. The molecule has 1 aromatic carbocycles. The van der Waals surface area contributed by atoms with Crippen molar-refractivity contribution < 1.29 is 4.74 Å². The molecule has 0 amide bonds. The lowest BCUT2D eigenvalue weighted by molar-refractivity contribution is 0.164. The Hall–Kier alpha value is -1.81. The molecule has 1 fully saturated rings. The van der Waals surface area contributed by atoms with E-state index in [0.717, 1.165) is 37.8 Å². The van der Waals surface area contributed by atoms with Crippen LogP contribution in [0.4, 0.5) is 0 Å². The monoisotopic (exact) mass is 297 g/mol. The van der Waals surface area contributed by atoms with E-state index in [2.05, 4.69) is 39.1 Å². The predicted octanol–water partition coefficient (Wildman–Crippen LogP) is 2.73. The van der Waals surface area contributed by atoms with Gasteiger partial charge < -0.3 is 4.74 Å². The summed E-state index contributed by atoms with van der Waals surface area (Å²) < 4.78 is 7.66. The van der Waals surface area contributed by atoms with Gasteiger partial charge in [0, 0.05) is 31.9 Å². The molecule has 4 nitrogen and oxygen atoms in total. The van der Waals surface area contributed by atoms with E-state index in [0.29, 0.717) is 0 Å². The Kier molecular flexibility index (Phi) is 3.85. The molecule has 2 aromatic rings. The molecular weight excluding hydrogens is 274 g/mol. The molecule has 2 aliphatic rings. The third-order valence-electron chi connectivity index (χ3n) is 4.87. The summed E-state index contributed by atoms with van der Waals surface area (Å²) >= 11 is 0. The van der Waals surface area contributed by atoms with Gasteiger partial charge in [0.15, 0.2) is 0 Å². The van der Waals surface area contributed by atoms with Crippen molar-refractivity contribution in [2.24, 2.45) is 5.92 Å². The van der Waals surface area contributed by atoms with Gasteiger partial charge in [-0.2, -0.15) is 5.10 Å². The maximum atomic E-state index is 5.59. The fourth-order valence-electron chi connectivity index (χ4n) is 3.60. The minimum absolute atomic E-state index is 0.768. The number of nitrogens with zero attached hydrogens (tertiary/aromatic N) is 3. The molecule has 0 spiro atoms. The van der Waals surface area contributed by atoms with Crippen LogP contribution in [-0.4, -0.2) is 34.4 Å². The molecule has 0 radical (unpaired) electrons. The summed E-state index contributed by atoms with van der Waals surface area (Å²) in [7, 11) is 0. The Labute approximate surface area is 131 Å². The fourth-order valence-corrected chi connectivity index (χ4v) is 3.60. The zero-order valence-electron chi connectivity index (χ0n) is 12.9. The van der Waals surface area contributed by atoms with Gasteiger partial charge in [-0.1, -0.05) is 12.1 Å². The van der Waals surface area contributed by atoms with Crippen LogP contribution in [-0.2, 0) is 19.5 Å². The highest BCUT2D eigenvalue weighted by atomic mass is 16.5. The third-order valence-corrected chi connectivity index (χ3v) is 4.87. The third kappa shape index (κ3) is 3.02. The van der Waals surface area contributed by atoms with Crippen molar-refractivity contribution in [3.05, 3.63) is 47.8 Å². The number of rotatable bonds is 4. The lowest BCUT2D eigenvalue weighted by atomic mass is 9.96. The molecule has 22 heavy (non-hydrogen) atoms. The number of hydrogen-bond acceptors (Lipinski definition) is 3. The highest BCUT2D eigenvalue weighted by Crippen LogP contribution is 2.27. The van der Waals surface area contributed by atoms with Crippen LogP contribution >= 0.6 is 0 Å². The van der Waals surface area contributed by atoms with Crippen LogP contribution in [0.25, 0.3) is 0 Å². The Balaban J connectivity index is 1.30. The number of piperidine rings is 1. The first kappa shape index (κ1) is 13.8. The minimum atomic E-state index is 0.768. The zero-order chi connectivity index (χ0) is 14.8. The zero-order valence-corrected chi connectivity index (χ0v) is 12.9. The molecule has 4 heteroatoms. The first-order chi connectivity index (χ1) is 10.9. The van der Waals surface area contributed by atoms with Crippen LogP contribution in [0.3, 0.4) is 0 Å². The highest BCUT2D eigenvalue weighted by Gasteiger charge is 2.20. The van der Waals surface area contributed by atoms with Crippen molar-refractivity contribution >= 4 is 0 Å². The molecule has 0 atom stereocenters. The van der Waals surface area contributed by atoms with Crippen molar-refractivity contribution in [1.29, 1.82) is 0 Å². The Morgan fingerprint density at radius 2 is 2.14 bits per heavy atom. The number of hydrogen-bond donors (Lipinski definition) is 0. The van der Waals surface area contributed by atoms with Gasteiger partial charge in [0.1, 0.15) is 5.75 Å². The topological polar surface area (TPSA) is 30.3 Å². The molecule has 0 bridgehead atoms. The average Bonchev–Trinajstić information content (AvgIpc) is 3.20. The molecule has 0 N–H and O–H groups in total. The van der Waals surface area contributed by atoms with E-state index in [1.807, 2.05) is 12.3 Å². The summed E-state index contributed by atoms with van der Waals surface area (Å²) in [6.45, 7) is 5.37. The van der Waals surface area contributed by atoms with Crippen molar-refractivity contribution in [2.45, 2.75) is 32.4 Å². The first-order valence-electron chi connectivity index (χ1n) is 8.31. The Morgan fingerprint density at radius 3 is 2.95 bits per heavy atom. The van der Waals surface area contributed by atoms with E-state index in [-0.39, 0.29) is 0 Å². The van der Waals surface area contributed by atoms with E-state index in [9.17, 15) is 0 Å². The molecule has 0 saturated carbocycles. The Bertz CT molecular complexity index is 615. The van der Waals surface area contributed by atoms with Crippen LogP contribution in [0.1, 0.15) is 24.0 Å². The summed E-state index contributed by atoms with van der Waals surface area (Å²) in [6, 6.07) is 8.70. The maximum Gasteiger partial charge on any atom is 0.122 e. The van der Waals surface area contributed by atoms with Crippen LogP contribution in [0, 0.1) is 5.92 Å². The molecular formula is C18H23N3O. The molecule has 3 heterocycles. The second-order valence-electron chi connectivity index (χ2n) is 6.49. The van der Waals surface area contributed by atoms with Gasteiger partial charge in [0.05, 0.1) is 6.61 Å². The van der Waals surface area contributed by atoms with Crippen LogP contribution < -0.4 is 4.74 Å². The van der Waals surface area contributed by atoms with Gasteiger partial charge in [-0.15, -0.1) is 0 Å². The number of ether oxygens (including phenoxy) is 1. The lowest BCUT2D eigenvalue weighted by Crippen LogP contribution is -2.34. The number of aromatic nitrogens is 2. The molecule has 2 aliphatic heterocycles. The Morgan fingerprint density at radius 1 is 1.23 bits per heavy atom. The largest absolute Gasteiger partial charge is 0.493 e. The second-order valence-corrected chi connectivity index (χ2v) is 6.49. The lowest BCUT2D eigenvalue weighted by Gasteiger charge is -2.32. The van der Waals surface area contributed by atoms with Crippen LogP contribution in [0.15, 0.2) is 36.7 Å². The number of fused-ring (bicyclic) bond motifs is 1. The average molecular weight is 297 g/mol. The molecule has 1 aromatic heterocycles. The summed E-state index contributed by atoms with van der Waals surface area (Å²) in [4.78, 5) is 2.58. The standard InChI is InChI=1S/C18H23N3O/c1-7-19-21(8-1)14-15-4-9-20(10-5-15)13-16-2-3-18-17(12-16)6-11-22-18/h1-3,7-8,12,15H,4-6,9-11,13-14H2. The fraction of sp³-hybridized carbons (Fsp3) is 0.500. The minimum Gasteiger partial charge on any atom is -0.493 e. The molecule has 0 unspecified atom stereocenters. The summed E-state index contributed by atoms with van der Waals surface area (Å²) in [5.41, 5.74) is 2.81. The van der Waals surface area contributed by atoms with Gasteiger partial charge in [0.25, 0.3) is 0 Å². The molecule has 116 valence electrons. The quantitative estimate of drug-likeness (QED) is 0.869. The van der Waals surface area contributed by atoms with E-state index < -0.39 is 0 Å². The summed E-state index contributed by atoms with van der Waals surface area (Å²) in [6.07, 6.45) is 7.54. The van der Waals surface area contributed by atoms with E-state index in [1.54, 1.807) is 0 Å². The predicted molar refractivity (Wildman–Crippen MR) is 85.9 cm³/mol. The van der Waals surface area contributed by atoms with Crippen LogP contribution in [0.5, 0.6) is 5.75 Å². The van der Waals surface area contributed by atoms with E-state index in [4.69, 9.17) is 4.74 Å². The van der Waals surface area contributed by atoms with Gasteiger partial charge >= 0.3 is 0 Å². The SMILES string of the molecule is c1cnn(CC2CCN(Cc3ccc4c(c3)CCO4)CC2)c1. The van der Waals surface area contributed by atoms with Crippen molar-refractivity contribution in [3.8, 4) is 5.75 Å². The normalized spacial score (nSPS) is 19.1. The van der Waals surface area contributed by atoms with Gasteiger partial charge in [-0.05, 0) is 55.1 Å². The van der Waals surface area contributed by atoms with Crippen molar-refractivity contribution in [3.63, 3.8) is 0 Å². The van der Waals surface area contributed by atoms with E-state index in [1.165, 1.54) is 37.1 Å². The van der Waals surface area contributed by atoms with Gasteiger partial charge in [-0.25, -0.2) is 0 Å². The summed E-state index contributed by atoms with van der Waals surface area (Å²) in [5.74, 6) is 1.85. The smallest absolute Gasteiger partial charge is 0.122 e. The maximum absolute atomic E-state index is 5.59.